The number of nitrogens with one attached hydrogen (secondary N) is 1. The highest BCUT2D eigenvalue weighted by Crippen LogP contribution is 2.18. The van der Waals surface area contributed by atoms with Crippen molar-refractivity contribution >= 4 is 11.6 Å². The average Bonchev–Trinajstić information content (AvgIpc) is 2.61. The lowest BCUT2D eigenvalue weighted by Crippen LogP contribution is -2.12. The molecule has 0 bridgehead atoms. The van der Waals surface area contributed by atoms with Crippen molar-refractivity contribution in [1.29, 1.82) is 0 Å². The van der Waals surface area contributed by atoms with Gasteiger partial charge in [0, 0.05) is 11.3 Å². The number of rotatable bonds is 9. The van der Waals surface area contributed by atoms with Gasteiger partial charge in [-0.2, -0.15) is 0 Å². The second kappa shape index (κ2) is 9.85. The minimum Gasteiger partial charge on any atom is -0.494 e. The summed E-state index contributed by atoms with van der Waals surface area (Å²) in [6.45, 7) is 9.91. The van der Waals surface area contributed by atoms with E-state index in [9.17, 15) is 4.79 Å². The minimum absolute atomic E-state index is 0.144. The first-order chi connectivity index (χ1) is 12.4. The molecule has 2 aromatic rings. The molecular weight excluding hydrogens is 326 g/mol. The van der Waals surface area contributed by atoms with Gasteiger partial charge in [0.25, 0.3) is 5.91 Å². The molecule has 0 radical (unpaired) electrons. The van der Waals surface area contributed by atoms with Crippen molar-refractivity contribution in [2.75, 3.05) is 18.5 Å². The Labute approximate surface area is 156 Å². The third kappa shape index (κ3) is 6.79. The van der Waals surface area contributed by atoms with Crippen LogP contribution in [0.4, 0.5) is 5.69 Å². The molecule has 2 rings (SSSR count). The maximum Gasteiger partial charge on any atom is 0.255 e. The Bertz CT molecular complexity index is 676. The zero-order valence-electron chi connectivity index (χ0n) is 16.1. The Morgan fingerprint density at radius 3 is 2.00 bits per heavy atom. The van der Waals surface area contributed by atoms with E-state index in [1.54, 1.807) is 12.1 Å². The lowest BCUT2D eigenvalue weighted by atomic mass is 10.1. The number of ether oxygens (including phenoxy) is 2. The maximum absolute atomic E-state index is 12.3. The van der Waals surface area contributed by atoms with Gasteiger partial charge in [0.2, 0.25) is 0 Å². The highest BCUT2D eigenvalue weighted by atomic mass is 16.5. The van der Waals surface area contributed by atoms with Crippen LogP contribution in [-0.4, -0.2) is 19.1 Å². The van der Waals surface area contributed by atoms with Gasteiger partial charge in [0.15, 0.2) is 0 Å². The minimum atomic E-state index is -0.144. The van der Waals surface area contributed by atoms with Crippen LogP contribution in [0.1, 0.15) is 44.5 Å². The van der Waals surface area contributed by atoms with Crippen molar-refractivity contribution in [1.82, 2.24) is 0 Å². The number of hydrogen-bond acceptors (Lipinski definition) is 3. The van der Waals surface area contributed by atoms with Crippen molar-refractivity contribution in [2.45, 2.75) is 34.1 Å². The molecule has 1 amide bonds. The Kier molecular flexibility index (Phi) is 7.52. The zero-order chi connectivity index (χ0) is 18.9. The van der Waals surface area contributed by atoms with Crippen LogP contribution in [0, 0.1) is 11.8 Å². The molecule has 26 heavy (non-hydrogen) atoms. The van der Waals surface area contributed by atoms with E-state index in [1.165, 1.54) is 0 Å². The molecule has 4 nitrogen and oxygen atoms in total. The standard InChI is InChI=1S/C22H29NO3/c1-16(2)13-14-25-20-9-5-18(6-10-20)22(24)23-19-7-11-21(12-8-19)26-15-17(3)4/h5-12,16-17H,13-15H2,1-4H3,(H,23,24). The van der Waals surface area contributed by atoms with Crippen LogP contribution in [0.15, 0.2) is 48.5 Å². The quantitative estimate of drug-likeness (QED) is 0.655. The summed E-state index contributed by atoms with van der Waals surface area (Å²) in [4.78, 5) is 12.3. The van der Waals surface area contributed by atoms with Crippen molar-refractivity contribution in [2.24, 2.45) is 11.8 Å². The van der Waals surface area contributed by atoms with E-state index in [2.05, 4.69) is 33.0 Å². The third-order valence-electron chi connectivity index (χ3n) is 3.78. The number of benzene rings is 2. The summed E-state index contributed by atoms with van der Waals surface area (Å²) in [5.41, 5.74) is 1.34. The van der Waals surface area contributed by atoms with E-state index < -0.39 is 0 Å². The summed E-state index contributed by atoms with van der Waals surface area (Å²) in [5.74, 6) is 2.54. The molecule has 0 aliphatic heterocycles. The predicted octanol–water partition coefficient (Wildman–Crippen LogP) is 5.40. The fraction of sp³-hybridized carbons (Fsp3) is 0.409. The summed E-state index contributed by atoms with van der Waals surface area (Å²) in [5, 5.41) is 2.89. The Balaban J connectivity index is 1.86. The molecule has 0 spiro atoms. The second-order valence-electron chi connectivity index (χ2n) is 7.24. The molecule has 0 unspecified atom stereocenters. The summed E-state index contributed by atoms with van der Waals surface area (Å²) in [6, 6.07) is 14.6. The van der Waals surface area contributed by atoms with Crippen LogP contribution < -0.4 is 14.8 Å². The van der Waals surface area contributed by atoms with Crippen LogP contribution in [0.2, 0.25) is 0 Å². The van der Waals surface area contributed by atoms with E-state index in [-0.39, 0.29) is 5.91 Å². The van der Waals surface area contributed by atoms with E-state index in [4.69, 9.17) is 9.47 Å². The highest BCUT2D eigenvalue weighted by Gasteiger charge is 2.07. The SMILES string of the molecule is CC(C)CCOc1ccc(C(=O)Nc2ccc(OCC(C)C)cc2)cc1. The number of carbonyl (C=O) groups is 1. The van der Waals surface area contributed by atoms with Gasteiger partial charge >= 0.3 is 0 Å². The van der Waals surface area contributed by atoms with Crippen LogP contribution in [0.5, 0.6) is 11.5 Å². The van der Waals surface area contributed by atoms with Crippen molar-refractivity contribution in [3.05, 3.63) is 54.1 Å². The molecule has 2 aromatic carbocycles. The summed E-state index contributed by atoms with van der Waals surface area (Å²) in [6.07, 6.45) is 1.01. The van der Waals surface area contributed by atoms with Crippen LogP contribution in [0.25, 0.3) is 0 Å². The smallest absolute Gasteiger partial charge is 0.255 e. The number of amides is 1. The Hall–Kier alpha value is -2.49. The largest absolute Gasteiger partial charge is 0.494 e. The molecule has 0 saturated carbocycles. The summed E-state index contributed by atoms with van der Waals surface area (Å²) >= 11 is 0. The van der Waals surface area contributed by atoms with Gasteiger partial charge in [-0.3, -0.25) is 4.79 Å². The number of carbonyl (C=O) groups excluding carboxylic acids is 1. The van der Waals surface area contributed by atoms with Gasteiger partial charge in [-0.25, -0.2) is 0 Å². The summed E-state index contributed by atoms with van der Waals surface area (Å²) in [7, 11) is 0. The topological polar surface area (TPSA) is 47.6 Å². The molecule has 1 N–H and O–H groups in total. The molecular formula is C22H29NO3. The summed E-state index contributed by atoms with van der Waals surface area (Å²) < 4.78 is 11.3. The van der Waals surface area contributed by atoms with Gasteiger partial charge in [-0.05, 0) is 66.8 Å². The monoisotopic (exact) mass is 355 g/mol. The predicted molar refractivity (Wildman–Crippen MR) is 106 cm³/mol. The first-order valence-corrected chi connectivity index (χ1v) is 9.21. The van der Waals surface area contributed by atoms with Gasteiger partial charge in [0.1, 0.15) is 11.5 Å². The molecule has 0 atom stereocenters. The maximum atomic E-state index is 12.3. The number of anilines is 1. The average molecular weight is 355 g/mol. The molecule has 4 heteroatoms. The van der Waals surface area contributed by atoms with Crippen molar-refractivity contribution in [3.8, 4) is 11.5 Å². The van der Waals surface area contributed by atoms with Crippen LogP contribution >= 0.6 is 0 Å². The van der Waals surface area contributed by atoms with Crippen LogP contribution in [0.3, 0.4) is 0 Å². The van der Waals surface area contributed by atoms with Crippen LogP contribution in [-0.2, 0) is 0 Å². The second-order valence-corrected chi connectivity index (χ2v) is 7.24. The molecule has 0 aliphatic carbocycles. The van der Waals surface area contributed by atoms with E-state index >= 15 is 0 Å². The van der Waals surface area contributed by atoms with Crippen molar-refractivity contribution < 1.29 is 14.3 Å². The molecule has 0 saturated heterocycles. The lowest BCUT2D eigenvalue weighted by molar-refractivity contribution is 0.102. The molecule has 0 heterocycles. The first kappa shape index (κ1) is 19.8. The van der Waals surface area contributed by atoms with E-state index in [0.29, 0.717) is 30.6 Å². The van der Waals surface area contributed by atoms with E-state index in [0.717, 1.165) is 23.6 Å². The Morgan fingerprint density at radius 1 is 0.846 bits per heavy atom. The van der Waals surface area contributed by atoms with Gasteiger partial charge < -0.3 is 14.8 Å². The van der Waals surface area contributed by atoms with Gasteiger partial charge in [-0.15, -0.1) is 0 Å². The molecule has 140 valence electrons. The van der Waals surface area contributed by atoms with E-state index in [1.807, 2.05) is 36.4 Å². The lowest BCUT2D eigenvalue weighted by Gasteiger charge is -2.10. The van der Waals surface area contributed by atoms with Crippen molar-refractivity contribution in [3.63, 3.8) is 0 Å². The molecule has 0 fully saturated rings. The fourth-order valence-corrected chi connectivity index (χ4v) is 2.22. The third-order valence-corrected chi connectivity index (χ3v) is 3.78. The molecule has 0 aromatic heterocycles. The Morgan fingerprint density at radius 2 is 1.42 bits per heavy atom. The normalized spacial score (nSPS) is 10.8. The fourth-order valence-electron chi connectivity index (χ4n) is 2.22. The van der Waals surface area contributed by atoms with Gasteiger partial charge in [-0.1, -0.05) is 27.7 Å². The molecule has 0 aliphatic rings. The highest BCUT2D eigenvalue weighted by molar-refractivity contribution is 6.04. The number of hydrogen-bond donors (Lipinski definition) is 1. The first-order valence-electron chi connectivity index (χ1n) is 9.21. The zero-order valence-corrected chi connectivity index (χ0v) is 16.1. The van der Waals surface area contributed by atoms with Gasteiger partial charge in [0.05, 0.1) is 13.2 Å².